The Morgan fingerprint density at radius 2 is 1.21 bits per heavy atom. The highest BCUT2D eigenvalue weighted by Crippen LogP contribution is 2.21. The van der Waals surface area contributed by atoms with Crippen LogP contribution in [0.25, 0.3) is 0 Å². The highest BCUT2D eigenvalue weighted by atomic mass is 16.6. The van der Waals surface area contributed by atoms with E-state index in [0.29, 0.717) is 0 Å². The number of alkyl carbamates (subject to hydrolysis) is 2. The molecule has 4 amide bonds. The average Bonchev–Trinajstić information content (AvgIpc) is 2.74. The molecule has 0 saturated heterocycles. The van der Waals surface area contributed by atoms with E-state index in [1.165, 1.54) is 25.1 Å². The van der Waals surface area contributed by atoms with E-state index in [4.69, 9.17) is 14.2 Å². The molecular formula is C27H42N4O8. The molecule has 1 aromatic rings. The minimum atomic E-state index is -0.979. The summed E-state index contributed by atoms with van der Waals surface area (Å²) in [5.74, 6) is -2.12. The van der Waals surface area contributed by atoms with E-state index in [9.17, 15) is 24.0 Å². The van der Waals surface area contributed by atoms with Crippen molar-refractivity contribution in [2.45, 2.75) is 92.5 Å². The third-order valence-corrected chi connectivity index (χ3v) is 4.73. The number of hydrogen-bond donors (Lipinski definition) is 4. The van der Waals surface area contributed by atoms with E-state index >= 15 is 0 Å². The summed E-state index contributed by atoms with van der Waals surface area (Å²) >= 11 is 0. The van der Waals surface area contributed by atoms with E-state index in [1.807, 2.05) is 0 Å². The van der Waals surface area contributed by atoms with E-state index in [0.717, 1.165) is 0 Å². The number of nitrogens with one attached hydrogen (secondary N) is 4. The van der Waals surface area contributed by atoms with Crippen LogP contribution in [0.4, 0.5) is 21.0 Å². The molecule has 1 rings (SSSR count). The second-order valence-electron chi connectivity index (χ2n) is 11.2. The molecule has 0 radical (unpaired) electrons. The molecule has 12 nitrogen and oxygen atoms in total. The Kier molecular flexibility index (Phi) is 11.8. The number of carbonyl (C=O) groups excluding carboxylic acids is 5. The first-order valence-electron chi connectivity index (χ1n) is 12.7. The predicted molar refractivity (Wildman–Crippen MR) is 146 cm³/mol. The third-order valence-electron chi connectivity index (χ3n) is 4.73. The van der Waals surface area contributed by atoms with Crippen LogP contribution in [0.15, 0.2) is 18.2 Å². The van der Waals surface area contributed by atoms with Gasteiger partial charge in [-0.15, -0.1) is 0 Å². The fraction of sp³-hybridized carbons (Fsp3) is 0.593. The molecule has 0 unspecified atom stereocenters. The number of rotatable bonds is 9. The largest absolute Gasteiger partial charge is 0.462 e. The summed E-state index contributed by atoms with van der Waals surface area (Å²) in [5, 5.41) is 10.3. The minimum Gasteiger partial charge on any atom is -0.462 e. The van der Waals surface area contributed by atoms with E-state index in [1.54, 1.807) is 62.3 Å². The fourth-order valence-electron chi connectivity index (χ4n) is 3.09. The van der Waals surface area contributed by atoms with Gasteiger partial charge < -0.3 is 35.5 Å². The normalized spacial score (nSPS) is 13.0. The Morgan fingerprint density at radius 3 is 1.64 bits per heavy atom. The Hall–Kier alpha value is -3.83. The van der Waals surface area contributed by atoms with Crippen LogP contribution in [0.5, 0.6) is 0 Å². The lowest BCUT2D eigenvalue weighted by atomic mass is 10.0. The van der Waals surface area contributed by atoms with Gasteiger partial charge in [0, 0.05) is 11.4 Å². The minimum absolute atomic E-state index is 0.0684. The van der Waals surface area contributed by atoms with Crippen molar-refractivity contribution in [3.63, 3.8) is 0 Å². The van der Waals surface area contributed by atoms with Gasteiger partial charge in [0.05, 0.1) is 12.2 Å². The molecule has 0 aliphatic carbocycles. The quantitative estimate of drug-likeness (QED) is 0.263. The van der Waals surface area contributed by atoms with Crippen molar-refractivity contribution in [2.24, 2.45) is 5.92 Å². The number of hydrogen-bond acceptors (Lipinski definition) is 8. The van der Waals surface area contributed by atoms with Gasteiger partial charge in [-0.2, -0.15) is 0 Å². The predicted octanol–water partition coefficient (Wildman–Crippen LogP) is 4.20. The average molecular weight is 551 g/mol. The second kappa shape index (κ2) is 13.8. The van der Waals surface area contributed by atoms with Crippen LogP contribution in [0.3, 0.4) is 0 Å². The van der Waals surface area contributed by atoms with Crippen molar-refractivity contribution < 1.29 is 38.2 Å². The van der Waals surface area contributed by atoms with Crippen LogP contribution in [-0.2, 0) is 23.8 Å². The lowest BCUT2D eigenvalue weighted by Gasteiger charge is -2.25. The van der Waals surface area contributed by atoms with Gasteiger partial charge in [-0.05, 0) is 79.5 Å². The van der Waals surface area contributed by atoms with Crippen LogP contribution in [-0.4, -0.2) is 59.9 Å². The Labute approximate surface area is 229 Å². The topological polar surface area (TPSA) is 161 Å². The molecule has 0 saturated carbocycles. The fourth-order valence-corrected chi connectivity index (χ4v) is 3.09. The zero-order valence-corrected chi connectivity index (χ0v) is 24.4. The van der Waals surface area contributed by atoms with Gasteiger partial charge >= 0.3 is 18.2 Å². The van der Waals surface area contributed by atoms with Gasteiger partial charge in [0.1, 0.15) is 23.3 Å². The molecule has 0 aliphatic heterocycles. The first-order valence-corrected chi connectivity index (χ1v) is 12.7. The molecule has 4 N–H and O–H groups in total. The number of benzene rings is 1. The van der Waals surface area contributed by atoms with E-state index in [-0.39, 0.29) is 29.5 Å². The summed E-state index contributed by atoms with van der Waals surface area (Å²) in [6.07, 6.45) is -1.52. The Bertz CT molecular complexity index is 1060. The lowest BCUT2D eigenvalue weighted by Crippen LogP contribution is -2.48. The SMILES string of the molecule is CCOC(=O)c1cc(NC(=O)[C@H](C)NC(=O)OC(C)(C)C)cc(NC(=O)[C@@H](NC(=O)OC(C)(C)C)C(C)C)c1. The number of carbonyl (C=O) groups is 5. The molecule has 2 atom stereocenters. The number of amides is 4. The lowest BCUT2D eigenvalue weighted by molar-refractivity contribution is -0.119. The van der Waals surface area contributed by atoms with Crippen LogP contribution in [0.1, 0.15) is 79.6 Å². The molecule has 0 fully saturated rings. The van der Waals surface area contributed by atoms with Crippen LogP contribution in [0, 0.1) is 5.92 Å². The first kappa shape index (κ1) is 33.2. The maximum atomic E-state index is 13.1. The molecule has 12 heteroatoms. The van der Waals surface area contributed by atoms with Gasteiger partial charge in [0.15, 0.2) is 0 Å². The summed E-state index contributed by atoms with van der Waals surface area (Å²) in [7, 11) is 0. The summed E-state index contributed by atoms with van der Waals surface area (Å²) < 4.78 is 15.5. The molecule has 0 aliphatic rings. The van der Waals surface area contributed by atoms with Gasteiger partial charge in [0.25, 0.3) is 0 Å². The molecular weight excluding hydrogens is 508 g/mol. The summed E-state index contributed by atoms with van der Waals surface area (Å²) in [5.41, 5.74) is -1.09. The zero-order chi connectivity index (χ0) is 30.1. The number of esters is 1. The molecule has 0 bridgehead atoms. The first-order chi connectivity index (χ1) is 17.8. The van der Waals surface area contributed by atoms with Crippen molar-refractivity contribution >= 4 is 41.3 Å². The van der Waals surface area contributed by atoms with Crippen molar-refractivity contribution in [3.05, 3.63) is 23.8 Å². The maximum absolute atomic E-state index is 13.1. The molecule has 0 spiro atoms. The highest BCUT2D eigenvalue weighted by molar-refractivity contribution is 6.01. The van der Waals surface area contributed by atoms with E-state index < -0.39 is 53.3 Å². The monoisotopic (exact) mass is 550 g/mol. The van der Waals surface area contributed by atoms with Gasteiger partial charge in [-0.1, -0.05) is 13.8 Å². The van der Waals surface area contributed by atoms with Crippen molar-refractivity contribution in [1.82, 2.24) is 10.6 Å². The molecule has 39 heavy (non-hydrogen) atoms. The molecule has 1 aromatic carbocycles. The van der Waals surface area contributed by atoms with Gasteiger partial charge in [-0.25, -0.2) is 14.4 Å². The maximum Gasteiger partial charge on any atom is 0.408 e. The Morgan fingerprint density at radius 1 is 0.744 bits per heavy atom. The van der Waals surface area contributed by atoms with Crippen LogP contribution >= 0.6 is 0 Å². The van der Waals surface area contributed by atoms with Crippen molar-refractivity contribution in [3.8, 4) is 0 Å². The number of anilines is 2. The summed E-state index contributed by atoms with van der Waals surface area (Å²) in [4.78, 5) is 62.6. The summed E-state index contributed by atoms with van der Waals surface area (Å²) in [6.45, 7) is 16.9. The standard InChI is InChI=1S/C27H42N4O8/c1-11-37-23(34)17-12-18(29-21(32)16(4)28-24(35)38-26(5,6)7)14-19(13-17)30-22(33)20(15(2)3)31-25(36)39-27(8,9)10/h12-16,20H,11H2,1-10H3,(H,28,35)(H,29,32)(H,30,33)(H,31,36)/t16-,20-/m0/s1. The van der Waals surface area contributed by atoms with Gasteiger partial charge in [-0.3, -0.25) is 9.59 Å². The molecule has 218 valence electrons. The van der Waals surface area contributed by atoms with E-state index in [2.05, 4.69) is 21.3 Å². The molecule has 0 aromatic heterocycles. The van der Waals surface area contributed by atoms with Crippen molar-refractivity contribution in [1.29, 1.82) is 0 Å². The van der Waals surface area contributed by atoms with Crippen LogP contribution in [0.2, 0.25) is 0 Å². The molecule has 0 heterocycles. The van der Waals surface area contributed by atoms with Crippen molar-refractivity contribution in [2.75, 3.05) is 17.2 Å². The van der Waals surface area contributed by atoms with Gasteiger partial charge in [0.2, 0.25) is 11.8 Å². The third kappa shape index (κ3) is 12.5. The smallest absolute Gasteiger partial charge is 0.408 e. The number of ether oxygens (including phenoxy) is 3. The van der Waals surface area contributed by atoms with Crippen LogP contribution < -0.4 is 21.3 Å². The Balaban J connectivity index is 3.16. The highest BCUT2D eigenvalue weighted by Gasteiger charge is 2.28. The summed E-state index contributed by atoms with van der Waals surface area (Å²) in [6, 6.07) is 2.27. The second-order valence-corrected chi connectivity index (χ2v) is 11.2. The zero-order valence-electron chi connectivity index (χ0n) is 24.4.